The van der Waals surface area contributed by atoms with Gasteiger partial charge in [-0.2, -0.15) is 0 Å². The molecule has 1 aromatic carbocycles. The summed E-state index contributed by atoms with van der Waals surface area (Å²) in [6.07, 6.45) is -0.364. The number of carbonyl (C=O) groups is 2. The first-order chi connectivity index (χ1) is 10.9. The second kappa shape index (κ2) is 7.95. The Morgan fingerprint density at radius 1 is 1.09 bits per heavy atom. The Balaban J connectivity index is 1.95. The zero-order valence-corrected chi connectivity index (χ0v) is 14.7. The summed E-state index contributed by atoms with van der Waals surface area (Å²) < 4.78 is 4.94. The Morgan fingerprint density at radius 3 is 2.13 bits per heavy atom. The molecule has 6 nitrogen and oxygen atoms in total. The fraction of sp³-hybridized carbons (Fsp3) is 0.429. The highest BCUT2D eigenvalue weighted by Crippen LogP contribution is 2.33. The van der Waals surface area contributed by atoms with Gasteiger partial charge in [0.1, 0.15) is 0 Å². The van der Waals surface area contributed by atoms with E-state index in [9.17, 15) is 9.59 Å². The fourth-order valence-corrected chi connectivity index (χ4v) is 3.07. The van der Waals surface area contributed by atoms with E-state index in [4.69, 9.17) is 39.5 Å². The number of benzene rings is 1. The third-order valence-electron chi connectivity index (χ3n) is 3.33. The number of hydrogen-bond acceptors (Lipinski definition) is 3. The van der Waals surface area contributed by atoms with Crippen molar-refractivity contribution in [2.24, 2.45) is 0 Å². The molecule has 0 unspecified atom stereocenters. The van der Waals surface area contributed by atoms with Gasteiger partial charge in [0.05, 0.1) is 22.3 Å². The van der Waals surface area contributed by atoms with Gasteiger partial charge in [0.15, 0.2) is 0 Å². The molecule has 0 radical (unpaired) electrons. The average Bonchev–Trinajstić information content (AvgIpc) is 2.51. The molecule has 1 saturated heterocycles. The number of carbonyl (C=O) groups excluding carboxylic acids is 2. The van der Waals surface area contributed by atoms with Crippen LogP contribution in [-0.4, -0.2) is 54.7 Å². The molecule has 2 rings (SSSR count). The van der Waals surface area contributed by atoms with E-state index in [1.807, 2.05) is 0 Å². The van der Waals surface area contributed by atoms with Gasteiger partial charge in [-0.3, -0.25) is 0 Å². The van der Waals surface area contributed by atoms with Crippen molar-refractivity contribution in [2.75, 3.05) is 38.1 Å². The number of anilines is 1. The first-order valence-corrected chi connectivity index (χ1v) is 8.18. The molecule has 0 bridgehead atoms. The molecular weight excluding hydrogens is 365 g/mol. The van der Waals surface area contributed by atoms with Gasteiger partial charge < -0.3 is 19.9 Å². The molecule has 0 aliphatic carbocycles. The first kappa shape index (κ1) is 18.0. The van der Waals surface area contributed by atoms with Crippen LogP contribution in [0.3, 0.4) is 0 Å². The van der Waals surface area contributed by atoms with Gasteiger partial charge in [0.25, 0.3) is 0 Å². The Morgan fingerprint density at radius 2 is 1.61 bits per heavy atom. The van der Waals surface area contributed by atoms with Crippen LogP contribution in [0, 0.1) is 0 Å². The molecule has 1 fully saturated rings. The fourth-order valence-electron chi connectivity index (χ4n) is 2.15. The number of nitrogens with one attached hydrogen (secondary N) is 1. The van der Waals surface area contributed by atoms with Crippen LogP contribution < -0.4 is 5.32 Å². The quantitative estimate of drug-likeness (QED) is 0.845. The molecule has 1 aliphatic rings. The third kappa shape index (κ3) is 4.56. The van der Waals surface area contributed by atoms with Crippen molar-refractivity contribution < 1.29 is 14.3 Å². The Bertz CT molecular complexity index is 581. The standard InChI is InChI=1S/C14H16Cl3N3O3/c1-2-23-14(22)20-5-3-19(4-6-20)13(21)18-12-10(16)7-9(15)8-11(12)17/h7-8H,2-6H2,1H3,(H,18,21). The number of rotatable bonds is 2. The highest BCUT2D eigenvalue weighted by molar-refractivity contribution is 6.42. The minimum atomic E-state index is -0.364. The van der Waals surface area contributed by atoms with E-state index in [2.05, 4.69) is 5.32 Å². The van der Waals surface area contributed by atoms with Crippen molar-refractivity contribution in [1.82, 2.24) is 9.80 Å². The maximum absolute atomic E-state index is 12.3. The summed E-state index contributed by atoms with van der Waals surface area (Å²) in [4.78, 5) is 27.1. The van der Waals surface area contributed by atoms with Gasteiger partial charge in [-0.05, 0) is 19.1 Å². The molecule has 1 N–H and O–H groups in total. The van der Waals surface area contributed by atoms with E-state index in [1.54, 1.807) is 16.7 Å². The highest BCUT2D eigenvalue weighted by atomic mass is 35.5. The van der Waals surface area contributed by atoms with E-state index < -0.39 is 0 Å². The van der Waals surface area contributed by atoms with Gasteiger partial charge in [-0.1, -0.05) is 34.8 Å². The molecule has 126 valence electrons. The Hall–Kier alpha value is -1.37. The van der Waals surface area contributed by atoms with Crippen LogP contribution in [0.5, 0.6) is 0 Å². The topological polar surface area (TPSA) is 61.9 Å². The second-order valence-corrected chi connectivity index (χ2v) is 6.10. The smallest absolute Gasteiger partial charge is 0.409 e. The van der Waals surface area contributed by atoms with Crippen LogP contribution in [0.15, 0.2) is 12.1 Å². The SMILES string of the molecule is CCOC(=O)N1CCN(C(=O)Nc2c(Cl)cc(Cl)cc2Cl)CC1. The molecule has 23 heavy (non-hydrogen) atoms. The number of halogens is 3. The lowest BCUT2D eigenvalue weighted by molar-refractivity contribution is 0.0869. The van der Waals surface area contributed by atoms with Crippen LogP contribution >= 0.6 is 34.8 Å². The lowest BCUT2D eigenvalue weighted by Gasteiger charge is -2.34. The molecule has 0 spiro atoms. The summed E-state index contributed by atoms with van der Waals surface area (Å²) >= 11 is 17.9. The van der Waals surface area contributed by atoms with E-state index >= 15 is 0 Å². The maximum atomic E-state index is 12.3. The zero-order valence-electron chi connectivity index (χ0n) is 12.4. The monoisotopic (exact) mass is 379 g/mol. The molecule has 1 aliphatic heterocycles. The summed E-state index contributed by atoms with van der Waals surface area (Å²) in [5.41, 5.74) is 0.315. The van der Waals surface area contributed by atoms with Crippen molar-refractivity contribution in [3.8, 4) is 0 Å². The molecule has 0 aromatic heterocycles. The second-order valence-electron chi connectivity index (χ2n) is 4.85. The summed E-state index contributed by atoms with van der Waals surface area (Å²) in [5, 5.41) is 3.59. The van der Waals surface area contributed by atoms with Crippen molar-refractivity contribution in [1.29, 1.82) is 0 Å². The minimum Gasteiger partial charge on any atom is -0.450 e. The van der Waals surface area contributed by atoms with Crippen molar-refractivity contribution >= 4 is 52.6 Å². The molecule has 0 saturated carbocycles. The first-order valence-electron chi connectivity index (χ1n) is 7.04. The molecule has 1 aromatic rings. The van der Waals surface area contributed by atoms with Crippen LogP contribution in [0.4, 0.5) is 15.3 Å². The minimum absolute atomic E-state index is 0.265. The van der Waals surface area contributed by atoms with Gasteiger partial charge in [-0.25, -0.2) is 9.59 Å². The van der Waals surface area contributed by atoms with Crippen LogP contribution in [0.25, 0.3) is 0 Å². The van der Waals surface area contributed by atoms with Gasteiger partial charge in [0.2, 0.25) is 0 Å². The van der Waals surface area contributed by atoms with Crippen molar-refractivity contribution in [2.45, 2.75) is 6.92 Å². The zero-order chi connectivity index (χ0) is 17.0. The van der Waals surface area contributed by atoms with E-state index in [0.29, 0.717) is 43.5 Å². The molecule has 9 heteroatoms. The third-order valence-corrected chi connectivity index (χ3v) is 4.15. The van der Waals surface area contributed by atoms with Crippen LogP contribution in [-0.2, 0) is 4.74 Å². The predicted molar refractivity (Wildman–Crippen MR) is 90.7 cm³/mol. The van der Waals surface area contributed by atoms with E-state index in [0.717, 1.165) is 0 Å². The highest BCUT2D eigenvalue weighted by Gasteiger charge is 2.25. The Kier molecular flexibility index (Phi) is 6.21. The summed E-state index contributed by atoms with van der Waals surface area (Å²) in [7, 11) is 0. The Labute approximate surface area is 149 Å². The lowest BCUT2D eigenvalue weighted by atomic mass is 10.3. The molecular formula is C14H16Cl3N3O3. The summed E-state index contributed by atoms with van der Waals surface area (Å²) in [5.74, 6) is 0. The predicted octanol–water partition coefficient (Wildman–Crippen LogP) is 3.95. The number of piperazine rings is 1. The largest absolute Gasteiger partial charge is 0.450 e. The van der Waals surface area contributed by atoms with E-state index in [1.165, 1.54) is 12.1 Å². The number of urea groups is 1. The summed E-state index contributed by atoms with van der Waals surface area (Å²) in [6, 6.07) is 2.67. The molecule has 0 atom stereocenters. The van der Waals surface area contributed by atoms with Crippen molar-refractivity contribution in [3.05, 3.63) is 27.2 Å². The number of hydrogen-bond donors (Lipinski definition) is 1. The van der Waals surface area contributed by atoms with Crippen LogP contribution in [0.2, 0.25) is 15.1 Å². The average molecular weight is 381 g/mol. The van der Waals surface area contributed by atoms with Crippen LogP contribution in [0.1, 0.15) is 6.92 Å². The van der Waals surface area contributed by atoms with E-state index in [-0.39, 0.29) is 22.2 Å². The van der Waals surface area contributed by atoms with Gasteiger partial charge in [-0.15, -0.1) is 0 Å². The van der Waals surface area contributed by atoms with Gasteiger partial charge in [0, 0.05) is 31.2 Å². The molecule has 1 heterocycles. The number of nitrogens with zero attached hydrogens (tertiary/aromatic N) is 2. The van der Waals surface area contributed by atoms with Crippen molar-refractivity contribution in [3.63, 3.8) is 0 Å². The maximum Gasteiger partial charge on any atom is 0.409 e. The molecule has 3 amide bonds. The number of amides is 3. The van der Waals surface area contributed by atoms with Gasteiger partial charge >= 0.3 is 12.1 Å². The normalized spacial score (nSPS) is 14.6. The lowest BCUT2D eigenvalue weighted by Crippen LogP contribution is -2.51. The number of ether oxygens (including phenoxy) is 1. The summed E-state index contributed by atoms with van der Waals surface area (Å²) in [6.45, 7) is 3.69.